The number of rotatable bonds is 3. The minimum Gasteiger partial charge on any atom is -0.481 e. The quantitative estimate of drug-likeness (QED) is 0.867. The van der Waals surface area contributed by atoms with Crippen molar-refractivity contribution in [2.75, 3.05) is 11.4 Å². The van der Waals surface area contributed by atoms with Gasteiger partial charge in [0.2, 0.25) is 0 Å². The van der Waals surface area contributed by atoms with Crippen molar-refractivity contribution in [1.82, 2.24) is 0 Å². The van der Waals surface area contributed by atoms with E-state index < -0.39 is 5.97 Å². The Bertz CT molecular complexity index is 452. The van der Waals surface area contributed by atoms with Gasteiger partial charge in [0.05, 0.1) is 6.42 Å². The normalized spacial score (nSPS) is 18.9. The summed E-state index contributed by atoms with van der Waals surface area (Å²) in [6.07, 6.45) is 5.06. The van der Waals surface area contributed by atoms with E-state index >= 15 is 0 Å². The first-order valence-electron chi connectivity index (χ1n) is 6.35. The van der Waals surface area contributed by atoms with Crippen molar-refractivity contribution < 1.29 is 9.90 Å². The Labute approximate surface area is 101 Å². The smallest absolute Gasteiger partial charge is 0.307 e. The van der Waals surface area contributed by atoms with Crippen LogP contribution in [0.1, 0.15) is 30.4 Å². The summed E-state index contributed by atoms with van der Waals surface area (Å²) in [7, 11) is 0. The molecule has 1 aromatic rings. The van der Waals surface area contributed by atoms with E-state index in [0.29, 0.717) is 6.04 Å². The molecule has 0 saturated heterocycles. The molecule has 0 aromatic heterocycles. The molecule has 17 heavy (non-hydrogen) atoms. The molecule has 1 aliphatic carbocycles. The summed E-state index contributed by atoms with van der Waals surface area (Å²) in [6.45, 7) is 1.07. The lowest BCUT2D eigenvalue weighted by atomic mass is 9.91. The van der Waals surface area contributed by atoms with Gasteiger partial charge in [0, 0.05) is 18.3 Å². The van der Waals surface area contributed by atoms with Gasteiger partial charge in [-0.15, -0.1) is 0 Å². The maximum atomic E-state index is 10.9. The van der Waals surface area contributed by atoms with Gasteiger partial charge >= 0.3 is 5.97 Å². The molecule has 1 heterocycles. The van der Waals surface area contributed by atoms with Crippen LogP contribution in [-0.4, -0.2) is 23.7 Å². The minimum atomic E-state index is -0.737. The second-order valence-corrected chi connectivity index (χ2v) is 5.02. The number of aliphatic carboxylic acids is 1. The third kappa shape index (κ3) is 1.79. The summed E-state index contributed by atoms with van der Waals surface area (Å²) >= 11 is 0. The van der Waals surface area contributed by atoms with E-state index in [2.05, 4.69) is 11.0 Å². The van der Waals surface area contributed by atoms with Crippen molar-refractivity contribution >= 4 is 11.7 Å². The zero-order chi connectivity index (χ0) is 11.8. The number of para-hydroxylation sites is 1. The molecule has 1 fully saturated rings. The molecule has 1 aromatic carbocycles. The Morgan fingerprint density at radius 1 is 1.41 bits per heavy atom. The molecule has 3 heteroatoms. The van der Waals surface area contributed by atoms with Crippen molar-refractivity contribution in [2.45, 2.75) is 38.1 Å². The SMILES string of the molecule is O=C(O)Cc1cccc2c1N(C1CCC1)CC2. The van der Waals surface area contributed by atoms with Crippen LogP contribution in [0.2, 0.25) is 0 Å². The van der Waals surface area contributed by atoms with E-state index in [-0.39, 0.29) is 6.42 Å². The molecule has 0 unspecified atom stereocenters. The minimum absolute atomic E-state index is 0.145. The van der Waals surface area contributed by atoms with Gasteiger partial charge in [0.15, 0.2) is 0 Å². The lowest BCUT2D eigenvalue weighted by Crippen LogP contribution is -2.39. The van der Waals surface area contributed by atoms with Gasteiger partial charge in [-0.25, -0.2) is 0 Å². The predicted molar refractivity (Wildman–Crippen MR) is 66.5 cm³/mol. The molecule has 0 atom stereocenters. The first-order valence-corrected chi connectivity index (χ1v) is 6.35. The van der Waals surface area contributed by atoms with Crippen LogP contribution in [0, 0.1) is 0 Å². The van der Waals surface area contributed by atoms with Gasteiger partial charge in [-0.05, 0) is 36.8 Å². The maximum absolute atomic E-state index is 10.9. The number of hydrogen-bond acceptors (Lipinski definition) is 2. The Morgan fingerprint density at radius 2 is 2.24 bits per heavy atom. The monoisotopic (exact) mass is 231 g/mol. The summed E-state index contributed by atoms with van der Waals surface area (Å²) in [5.74, 6) is -0.737. The van der Waals surface area contributed by atoms with Gasteiger partial charge in [-0.1, -0.05) is 18.2 Å². The highest BCUT2D eigenvalue weighted by Crippen LogP contribution is 2.38. The Morgan fingerprint density at radius 3 is 2.88 bits per heavy atom. The summed E-state index contributed by atoms with van der Waals surface area (Å²) in [4.78, 5) is 13.4. The average molecular weight is 231 g/mol. The molecule has 0 amide bonds. The highest BCUT2D eigenvalue weighted by molar-refractivity contribution is 5.76. The van der Waals surface area contributed by atoms with Gasteiger partial charge in [-0.3, -0.25) is 4.79 Å². The Kier molecular flexibility index (Phi) is 2.54. The number of anilines is 1. The van der Waals surface area contributed by atoms with E-state index in [1.54, 1.807) is 0 Å². The number of benzene rings is 1. The highest BCUT2D eigenvalue weighted by atomic mass is 16.4. The van der Waals surface area contributed by atoms with E-state index in [1.807, 2.05) is 12.1 Å². The van der Waals surface area contributed by atoms with Gasteiger partial charge in [-0.2, -0.15) is 0 Å². The lowest BCUT2D eigenvalue weighted by Gasteiger charge is -2.37. The topological polar surface area (TPSA) is 40.5 Å². The first-order chi connectivity index (χ1) is 8.25. The van der Waals surface area contributed by atoms with Crippen molar-refractivity contribution in [3.8, 4) is 0 Å². The Hall–Kier alpha value is -1.51. The van der Waals surface area contributed by atoms with E-state index in [1.165, 1.54) is 30.5 Å². The van der Waals surface area contributed by atoms with Crippen LogP contribution < -0.4 is 4.90 Å². The van der Waals surface area contributed by atoms with E-state index in [4.69, 9.17) is 5.11 Å². The molecule has 2 aliphatic rings. The molecule has 3 rings (SSSR count). The first kappa shape index (κ1) is 10.6. The third-order valence-corrected chi connectivity index (χ3v) is 3.97. The van der Waals surface area contributed by atoms with Gasteiger partial charge in [0.25, 0.3) is 0 Å². The van der Waals surface area contributed by atoms with Crippen LogP contribution in [-0.2, 0) is 17.6 Å². The summed E-state index contributed by atoms with van der Waals surface area (Å²) in [5.41, 5.74) is 3.54. The van der Waals surface area contributed by atoms with Gasteiger partial charge < -0.3 is 10.0 Å². The molecule has 1 saturated carbocycles. The van der Waals surface area contributed by atoms with Crippen LogP contribution in [0.25, 0.3) is 0 Å². The molecule has 0 bridgehead atoms. The number of carboxylic acid groups (broad SMARTS) is 1. The van der Waals surface area contributed by atoms with Crippen molar-refractivity contribution in [3.63, 3.8) is 0 Å². The molecular formula is C14H17NO2. The van der Waals surface area contributed by atoms with Crippen LogP contribution >= 0.6 is 0 Å². The van der Waals surface area contributed by atoms with Crippen molar-refractivity contribution in [3.05, 3.63) is 29.3 Å². The average Bonchev–Trinajstić information content (AvgIpc) is 2.60. The predicted octanol–water partition coefficient (Wildman–Crippen LogP) is 2.23. The zero-order valence-electron chi connectivity index (χ0n) is 9.85. The molecule has 90 valence electrons. The Balaban J connectivity index is 1.95. The van der Waals surface area contributed by atoms with Crippen molar-refractivity contribution in [2.24, 2.45) is 0 Å². The summed E-state index contributed by atoms with van der Waals surface area (Å²) in [6, 6.07) is 6.75. The van der Waals surface area contributed by atoms with E-state index in [0.717, 1.165) is 18.5 Å². The standard InChI is InChI=1S/C14H17NO2/c16-13(17)9-11-4-1-3-10-7-8-15(14(10)11)12-5-2-6-12/h1,3-4,12H,2,5-9H2,(H,16,17). The summed E-state index contributed by atoms with van der Waals surface area (Å²) in [5, 5.41) is 8.98. The molecule has 0 spiro atoms. The number of carboxylic acids is 1. The number of nitrogens with zero attached hydrogens (tertiary/aromatic N) is 1. The molecular weight excluding hydrogens is 214 g/mol. The second kappa shape index (κ2) is 4.06. The van der Waals surface area contributed by atoms with Crippen molar-refractivity contribution in [1.29, 1.82) is 0 Å². The number of fused-ring (bicyclic) bond motifs is 1. The molecule has 1 N–H and O–H groups in total. The van der Waals surface area contributed by atoms with E-state index in [9.17, 15) is 4.79 Å². The number of hydrogen-bond donors (Lipinski definition) is 1. The lowest BCUT2D eigenvalue weighted by molar-refractivity contribution is -0.136. The fraction of sp³-hybridized carbons (Fsp3) is 0.500. The van der Waals surface area contributed by atoms with Crippen LogP contribution in [0.15, 0.2) is 18.2 Å². The number of carbonyl (C=O) groups is 1. The molecule has 0 radical (unpaired) electrons. The third-order valence-electron chi connectivity index (χ3n) is 3.97. The van der Waals surface area contributed by atoms with Crippen LogP contribution in [0.5, 0.6) is 0 Å². The largest absolute Gasteiger partial charge is 0.481 e. The van der Waals surface area contributed by atoms with Gasteiger partial charge in [0.1, 0.15) is 0 Å². The fourth-order valence-electron chi connectivity index (χ4n) is 2.94. The molecule has 3 nitrogen and oxygen atoms in total. The maximum Gasteiger partial charge on any atom is 0.307 e. The summed E-state index contributed by atoms with van der Waals surface area (Å²) < 4.78 is 0. The highest BCUT2D eigenvalue weighted by Gasteiger charge is 2.31. The van der Waals surface area contributed by atoms with Crippen LogP contribution in [0.3, 0.4) is 0 Å². The molecule has 1 aliphatic heterocycles. The van der Waals surface area contributed by atoms with Crippen LogP contribution in [0.4, 0.5) is 5.69 Å². The zero-order valence-corrected chi connectivity index (χ0v) is 9.85. The fourth-order valence-corrected chi connectivity index (χ4v) is 2.94. The second-order valence-electron chi connectivity index (χ2n) is 5.02.